The molecule has 1 N–H and O–H groups in total. The molecule has 2 unspecified atom stereocenters. The Labute approximate surface area is 127 Å². The molecule has 2 heterocycles. The van der Waals surface area contributed by atoms with Gasteiger partial charge in [0.25, 0.3) is 0 Å². The van der Waals surface area contributed by atoms with E-state index in [1.807, 2.05) is 0 Å². The Hall–Kier alpha value is -0.860. The maximum Gasteiger partial charge on any atom is 0.0158 e. The Kier molecular flexibility index (Phi) is 2.91. The quantitative estimate of drug-likeness (QED) is 0.850. The van der Waals surface area contributed by atoms with Gasteiger partial charge in [-0.25, -0.2) is 0 Å². The Morgan fingerprint density at radius 3 is 1.95 bits per heavy atom. The van der Waals surface area contributed by atoms with Gasteiger partial charge in [0.05, 0.1) is 0 Å². The maximum atomic E-state index is 3.59. The van der Waals surface area contributed by atoms with E-state index in [-0.39, 0.29) is 0 Å². The second-order valence-electron chi connectivity index (χ2n) is 7.90. The first kappa shape index (κ1) is 12.7. The highest BCUT2D eigenvalue weighted by Crippen LogP contribution is 2.44. The molecule has 4 aliphatic rings. The molecule has 2 saturated heterocycles. The van der Waals surface area contributed by atoms with Crippen LogP contribution in [0.15, 0.2) is 24.3 Å². The summed E-state index contributed by atoms with van der Waals surface area (Å²) < 4.78 is 0. The highest BCUT2D eigenvalue weighted by molar-refractivity contribution is 5.31. The smallest absolute Gasteiger partial charge is 0.0158 e. The topological polar surface area (TPSA) is 15.3 Å². The van der Waals surface area contributed by atoms with Crippen LogP contribution in [0.2, 0.25) is 0 Å². The van der Waals surface area contributed by atoms with Gasteiger partial charge in [-0.05, 0) is 73.6 Å². The van der Waals surface area contributed by atoms with Crippen LogP contribution in [0.4, 0.5) is 0 Å². The lowest BCUT2D eigenvalue weighted by Gasteiger charge is -2.33. The number of benzene rings is 1. The van der Waals surface area contributed by atoms with E-state index in [1.165, 1.54) is 51.9 Å². The lowest BCUT2D eigenvalue weighted by molar-refractivity contribution is 0.149. The number of nitrogens with zero attached hydrogens (tertiary/aromatic N) is 1. The molecule has 4 atom stereocenters. The summed E-state index contributed by atoms with van der Waals surface area (Å²) in [6, 6.07) is 10.1. The van der Waals surface area contributed by atoms with Gasteiger partial charge in [0.15, 0.2) is 0 Å². The lowest BCUT2D eigenvalue weighted by Crippen LogP contribution is -2.42. The average molecular weight is 282 g/mol. The molecule has 5 rings (SSSR count). The fourth-order valence-corrected chi connectivity index (χ4v) is 5.85. The monoisotopic (exact) mass is 282 g/mol. The predicted octanol–water partition coefficient (Wildman–Crippen LogP) is 2.33. The second kappa shape index (κ2) is 4.82. The van der Waals surface area contributed by atoms with E-state index in [9.17, 15) is 0 Å². The normalized spacial score (nSPS) is 41.8. The SMILES string of the molecule is c1ccc2c(c1)CC1CCC(C2)C1N1C[C@H]2CNC[C@H]2C1. The number of hydrogen-bond donors (Lipinski definition) is 1. The maximum absolute atomic E-state index is 3.59. The summed E-state index contributed by atoms with van der Waals surface area (Å²) in [4.78, 5) is 2.91. The minimum absolute atomic E-state index is 0.878. The standard InChI is InChI=1S/C19H26N2/c1-2-4-14-8-16-6-5-15(7-13(14)3-1)19(16)21-11-17-9-20-10-18(17)12-21/h1-4,15-20H,5-12H2/t15?,16?,17-,18+,19?. The van der Waals surface area contributed by atoms with Crippen LogP contribution in [0.25, 0.3) is 0 Å². The summed E-state index contributed by atoms with van der Waals surface area (Å²) in [6.45, 7) is 5.27. The number of hydrogen-bond acceptors (Lipinski definition) is 2. The van der Waals surface area contributed by atoms with E-state index in [4.69, 9.17) is 0 Å². The van der Waals surface area contributed by atoms with Gasteiger partial charge >= 0.3 is 0 Å². The van der Waals surface area contributed by atoms with Crippen molar-refractivity contribution in [1.82, 2.24) is 10.2 Å². The predicted molar refractivity (Wildman–Crippen MR) is 85.3 cm³/mol. The number of fused-ring (bicyclic) bond motifs is 4. The molecule has 112 valence electrons. The molecule has 1 aromatic carbocycles. The van der Waals surface area contributed by atoms with E-state index >= 15 is 0 Å². The molecule has 2 bridgehead atoms. The molecule has 1 saturated carbocycles. The fraction of sp³-hybridized carbons (Fsp3) is 0.684. The molecule has 1 aromatic rings. The van der Waals surface area contributed by atoms with Gasteiger partial charge in [-0.1, -0.05) is 24.3 Å². The van der Waals surface area contributed by atoms with E-state index in [2.05, 4.69) is 34.5 Å². The molecule has 2 aliphatic carbocycles. The van der Waals surface area contributed by atoms with E-state index in [0.29, 0.717) is 0 Å². The van der Waals surface area contributed by atoms with Crippen LogP contribution >= 0.6 is 0 Å². The van der Waals surface area contributed by atoms with Gasteiger partial charge in [-0.2, -0.15) is 0 Å². The van der Waals surface area contributed by atoms with Gasteiger partial charge < -0.3 is 5.32 Å². The highest BCUT2D eigenvalue weighted by atomic mass is 15.2. The molecule has 2 heteroatoms. The Morgan fingerprint density at radius 1 is 0.810 bits per heavy atom. The lowest BCUT2D eigenvalue weighted by atomic mass is 9.94. The van der Waals surface area contributed by atoms with Crippen molar-refractivity contribution in [2.24, 2.45) is 23.7 Å². The first-order chi connectivity index (χ1) is 10.4. The average Bonchev–Trinajstić information content (AvgIpc) is 3.10. The molecular formula is C19H26N2. The third kappa shape index (κ3) is 1.99. The zero-order valence-electron chi connectivity index (χ0n) is 12.8. The zero-order valence-corrected chi connectivity index (χ0v) is 12.8. The van der Waals surface area contributed by atoms with Crippen LogP contribution in [0.1, 0.15) is 24.0 Å². The van der Waals surface area contributed by atoms with Crippen LogP contribution in [0.3, 0.4) is 0 Å². The molecular weight excluding hydrogens is 256 g/mol. The van der Waals surface area contributed by atoms with Crippen molar-refractivity contribution in [2.45, 2.75) is 31.7 Å². The Bertz CT molecular complexity index is 495. The minimum atomic E-state index is 0.878. The second-order valence-corrected chi connectivity index (χ2v) is 7.90. The van der Waals surface area contributed by atoms with Crippen LogP contribution < -0.4 is 5.32 Å². The molecule has 2 aliphatic heterocycles. The summed E-state index contributed by atoms with van der Waals surface area (Å²) in [5, 5.41) is 3.59. The molecule has 0 radical (unpaired) electrons. The van der Waals surface area contributed by atoms with Crippen LogP contribution in [-0.4, -0.2) is 37.1 Å². The summed E-state index contributed by atoms with van der Waals surface area (Å²) in [5.74, 6) is 3.72. The van der Waals surface area contributed by atoms with Crippen molar-refractivity contribution in [1.29, 1.82) is 0 Å². The first-order valence-corrected chi connectivity index (χ1v) is 8.90. The van der Waals surface area contributed by atoms with Crippen molar-refractivity contribution in [3.63, 3.8) is 0 Å². The van der Waals surface area contributed by atoms with Gasteiger partial charge in [-0.3, -0.25) is 4.90 Å². The third-order valence-electron chi connectivity index (χ3n) is 6.80. The summed E-state index contributed by atoms with van der Waals surface area (Å²) in [5.41, 5.74) is 3.30. The number of nitrogens with one attached hydrogen (secondary N) is 1. The van der Waals surface area contributed by atoms with Crippen molar-refractivity contribution in [3.05, 3.63) is 35.4 Å². The number of rotatable bonds is 1. The van der Waals surface area contributed by atoms with E-state index in [0.717, 1.165) is 29.7 Å². The zero-order chi connectivity index (χ0) is 13.8. The Balaban J connectivity index is 1.42. The molecule has 0 aromatic heterocycles. The van der Waals surface area contributed by atoms with Crippen LogP contribution in [0.5, 0.6) is 0 Å². The van der Waals surface area contributed by atoms with E-state index < -0.39 is 0 Å². The first-order valence-electron chi connectivity index (χ1n) is 8.90. The third-order valence-corrected chi connectivity index (χ3v) is 6.80. The van der Waals surface area contributed by atoms with Crippen molar-refractivity contribution < 1.29 is 0 Å². The van der Waals surface area contributed by atoms with E-state index in [1.54, 1.807) is 11.1 Å². The van der Waals surface area contributed by atoms with Gasteiger partial charge in [0.2, 0.25) is 0 Å². The molecule has 0 spiro atoms. The van der Waals surface area contributed by atoms with Gasteiger partial charge in [0, 0.05) is 19.1 Å². The Morgan fingerprint density at radius 2 is 1.38 bits per heavy atom. The highest BCUT2D eigenvalue weighted by Gasteiger charge is 2.46. The summed E-state index contributed by atoms with van der Waals surface area (Å²) >= 11 is 0. The van der Waals surface area contributed by atoms with Crippen molar-refractivity contribution in [2.75, 3.05) is 26.2 Å². The molecule has 0 amide bonds. The summed E-state index contributed by atoms with van der Waals surface area (Å²) in [6.07, 6.45) is 5.60. The van der Waals surface area contributed by atoms with Gasteiger partial charge in [0.1, 0.15) is 0 Å². The van der Waals surface area contributed by atoms with Crippen LogP contribution in [-0.2, 0) is 12.8 Å². The van der Waals surface area contributed by atoms with Gasteiger partial charge in [-0.15, -0.1) is 0 Å². The van der Waals surface area contributed by atoms with Crippen LogP contribution in [0, 0.1) is 23.7 Å². The molecule has 21 heavy (non-hydrogen) atoms. The van der Waals surface area contributed by atoms with Crippen molar-refractivity contribution in [3.8, 4) is 0 Å². The number of likely N-dealkylation sites (tertiary alicyclic amines) is 1. The summed E-state index contributed by atoms with van der Waals surface area (Å²) in [7, 11) is 0. The molecule has 2 nitrogen and oxygen atoms in total. The fourth-order valence-electron chi connectivity index (χ4n) is 5.85. The molecule has 3 fully saturated rings. The van der Waals surface area contributed by atoms with Crippen molar-refractivity contribution >= 4 is 0 Å². The largest absolute Gasteiger partial charge is 0.316 e. The minimum Gasteiger partial charge on any atom is -0.316 e.